The van der Waals surface area contributed by atoms with Gasteiger partial charge in [-0.05, 0) is 22.3 Å². The number of carbonyl (C=O) groups is 6. The summed E-state index contributed by atoms with van der Waals surface area (Å²) in [6.45, 7) is -0.0470. The van der Waals surface area contributed by atoms with Gasteiger partial charge in [-0.3, -0.25) is 38.8 Å². The van der Waals surface area contributed by atoms with E-state index in [9.17, 15) is 28.8 Å². The van der Waals surface area contributed by atoms with Crippen molar-refractivity contribution in [3.8, 4) is 0 Å². The Kier molecular flexibility index (Phi) is 7.50. The molecule has 8 amide bonds. The quantitative estimate of drug-likeness (QED) is 0.406. The molecule has 3 aromatic carbocycles. The summed E-state index contributed by atoms with van der Waals surface area (Å²) in [4.78, 5) is 80.7. The van der Waals surface area contributed by atoms with E-state index in [0.717, 1.165) is 30.7 Å². The molecule has 0 atom stereocenters. The Morgan fingerprint density at radius 3 is 1.05 bits per heavy atom. The lowest BCUT2D eigenvalue weighted by atomic mass is 10.1. The Labute approximate surface area is 230 Å². The third-order valence-electron chi connectivity index (χ3n) is 6.77. The smallest absolute Gasteiger partial charge is 0.274 e. The minimum absolute atomic E-state index is 0.0553. The molecule has 2 heterocycles. The van der Waals surface area contributed by atoms with Gasteiger partial charge in [0.1, 0.15) is 12.8 Å². The van der Waals surface area contributed by atoms with E-state index in [4.69, 9.17) is 0 Å². The Bertz CT molecular complexity index is 1380. The zero-order valence-corrected chi connectivity index (χ0v) is 21.6. The molecule has 0 spiro atoms. The van der Waals surface area contributed by atoms with Crippen LogP contribution in [0, 0.1) is 0 Å². The van der Waals surface area contributed by atoms with Crippen LogP contribution in [0.3, 0.4) is 0 Å². The van der Waals surface area contributed by atoms with Gasteiger partial charge in [-0.2, -0.15) is 0 Å². The summed E-state index contributed by atoms with van der Waals surface area (Å²) in [6, 6.07) is 23.5. The van der Waals surface area contributed by atoms with Crippen molar-refractivity contribution in [3.05, 3.63) is 107 Å². The molecule has 5 rings (SSSR count). The van der Waals surface area contributed by atoms with Gasteiger partial charge in [-0.25, -0.2) is 9.59 Å². The normalized spacial score (nSPS) is 16.3. The van der Waals surface area contributed by atoms with Crippen LogP contribution in [0.15, 0.2) is 84.9 Å². The molecule has 3 aromatic rings. The van der Waals surface area contributed by atoms with E-state index in [2.05, 4.69) is 0 Å². The number of barbiturate groups is 2. The Balaban J connectivity index is 1.29. The highest BCUT2D eigenvalue weighted by Gasteiger charge is 2.39. The predicted molar refractivity (Wildman–Crippen MR) is 142 cm³/mol. The third kappa shape index (κ3) is 5.65. The van der Waals surface area contributed by atoms with Crippen LogP contribution in [0.25, 0.3) is 0 Å². The third-order valence-corrected chi connectivity index (χ3v) is 6.77. The number of amides is 8. The second-order valence-electron chi connectivity index (χ2n) is 9.63. The molecule has 2 aliphatic heterocycles. The van der Waals surface area contributed by atoms with Crippen LogP contribution in [-0.4, -0.2) is 55.3 Å². The summed E-state index contributed by atoms with van der Waals surface area (Å²) in [5, 5.41) is 0. The first-order chi connectivity index (χ1) is 19.3. The molecular formula is C30H26N4O6. The minimum Gasteiger partial charge on any atom is -0.274 e. The number of carbonyl (C=O) groups excluding carboxylic acids is 6. The van der Waals surface area contributed by atoms with E-state index in [-0.39, 0.29) is 26.2 Å². The summed E-state index contributed by atoms with van der Waals surface area (Å²) in [5.74, 6) is -2.30. The van der Waals surface area contributed by atoms with Crippen molar-refractivity contribution in [2.24, 2.45) is 0 Å². The highest BCUT2D eigenvalue weighted by Crippen LogP contribution is 2.22. The maximum absolute atomic E-state index is 13.1. The number of hydrogen-bond donors (Lipinski definition) is 0. The lowest BCUT2D eigenvalue weighted by Gasteiger charge is -2.33. The summed E-state index contributed by atoms with van der Waals surface area (Å²) in [6.07, 6.45) is -0.833. The molecule has 0 aliphatic carbocycles. The van der Waals surface area contributed by atoms with Crippen LogP contribution < -0.4 is 0 Å². The Hall–Kier alpha value is -5.12. The molecule has 0 unspecified atom stereocenters. The fourth-order valence-electron chi connectivity index (χ4n) is 4.71. The summed E-state index contributed by atoms with van der Waals surface area (Å²) >= 11 is 0. The van der Waals surface area contributed by atoms with E-state index in [1.165, 1.54) is 0 Å². The van der Waals surface area contributed by atoms with Crippen LogP contribution in [-0.2, 0) is 45.4 Å². The molecule has 2 aliphatic rings. The van der Waals surface area contributed by atoms with Crippen LogP contribution in [0.4, 0.5) is 9.59 Å². The molecule has 0 aromatic heterocycles. The molecular weight excluding hydrogens is 512 g/mol. The van der Waals surface area contributed by atoms with Gasteiger partial charge in [0.25, 0.3) is 0 Å². The number of imide groups is 4. The predicted octanol–water partition coefficient (Wildman–Crippen LogP) is 3.45. The van der Waals surface area contributed by atoms with Crippen LogP contribution in [0.5, 0.6) is 0 Å². The number of rotatable bonds is 8. The molecule has 10 nitrogen and oxygen atoms in total. The molecule has 10 heteroatoms. The molecule has 0 radical (unpaired) electrons. The van der Waals surface area contributed by atoms with E-state index < -0.39 is 48.5 Å². The molecule has 0 saturated carbocycles. The zero-order valence-electron chi connectivity index (χ0n) is 21.6. The maximum atomic E-state index is 13.1. The van der Waals surface area contributed by atoms with E-state index >= 15 is 0 Å². The topological polar surface area (TPSA) is 115 Å². The van der Waals surface area contributed by atoms with E-state index in [1.54, 1.807) is 72.8 Å². The van der Waals surface area contributed by atoms with Gasteiger partial charge in [0.15, 0.2) is 0 Å². The van der Waals surface area contributed by atoms with Gasteiger partial charge < -0.3 is 0 Å². The van der Waals surface area contributed by atoms with Gasteiger partial charge >= 0.3 is 12.1 Å². The van der Waals surface area contributed by atoms with Crippen molar-refractivity contribution in [1.82, 2.24) is 19.6 Å². The van der Waals surface area contributed by atoms with Crippen LogP contribution in [0.1, 0.15) is 35.1 Å². The summed E-state index contributed by atoms with van der Waals surface area (Å²) in [5.41, 5.74) is 2.69. The number of urea groups is 2. The molecule has 2 fully saturated rings. The standard InChI is InChI=1S/C30H26N4O6/c35-25-15-27(37)33(29(39)31(25)17-21-8-3-1-4-9-21)19-23-12-7-13-24(14-23)20-34-28(38)16-26(36)32(30(34)40)18-22-10-5-2-6-11-22/h1-14H,15-20H2. The first kappa shape index (κ1) is 26.5. The Morgan fingerprint density at radius 2 is 0.700 bits per heavy atom. The fourth-order valence-corrected chi connectivity index (χ4v) is 4.71. The van der Waals surface area contributed by atoms with Gasteiger partial charge in [-0.15, -0.1) is 0 Å². The van der Waals surface area contributed by atoms with Crippen molar-refractivity contribution in [3.63, 3.8) is 0 Å². The van der Waals surface area contributed by atoms with Gasteiger partial charge in [0.05, 0.1) is 26.2 Å². The van der Waals surface area contributed by atoms with Gasteiger partial charge in [0.2, 0.25) is 23.6 Å². The van der Waals surface area contributed by atoms with Crippen molar-refractivity contribution in [2.75, 3.05) is 0 Å². The number of benzene rings is 3. The molecule has 0 bridgehead atoms. The highest BCUT2D eigenvalue weighted by molar-refractivity contribution is 6.14. The van der Waals surface area contributed by atoms with Crippen molar-refractivity contribution < 1.29 is 28.8 Å². The van der Waals surface area contributed by atoms with Gasteiger partial charge in [-0.1, -0.05) is 84.9 Å². The molecule has 2 saturated heterocycles. The average Bonchev–Trinajstić information content (AvgIpc) is 2.95. The van der Waals surface area contributed by atoms with Crippen molar-refractivity contribution in [1.29, 1.82) is 0 Å². The van der Waals surface area contributed by atoms with Crippen LogP contribution >= 0.6 is 0 Å². The average molecular weight is 539 g/mol. The monoisotopic (exact) mass is 538 g/mol. The largest absolute Gasteiger partial charge is 0.334 e. The molecule has 40 heavy (non-hydrogen) atoms. The lowest BCUT2D eigenvalue weighted by molar-refractivity contribution is -0.145. The Morgan fingerprint density at radius 1 is 0.400 bits per heavy atom. The molecule has 202 valence electrons. The fraction of sp³-hybridized carbons (Fsp3) is 0.200. The number of nitrogens with zero attached hydrogens (tertiary/aromatic N) is 4. The number of hydrogen-bond acceptors (Lipinski definition) is 6. The van der Waals surface area contributed by atoms with Gasteiger partial charge in [0, 0.05) is 0 Å². The summed E-state index contributed by atoms with van der Waals surface area (Å²) < 4.78 is 0. The summed E-state index contributed by atoms with van der Waals surface area (Å²) in [7, 11) is 0. The first-order valence-corrected chi connectivity index (χ1v) is 12.7. The second-order valence-corrected chi connectivity index (χ2v) is 9.63. The molecule has 0 N–H and O–H groups in total. The lowest BCUT2D eigenvalue weighted by Crippen LogP contribution is -2.54. The van der Waals surface area contributed by atoms with E-state index in [1.807, 2.05) is 12.1 Å². The highest BCUT2D eigenvalue weighted by atomic mass is 16.2. The maximum Gasteiger partial charge on any atom is 0.334 e. The second kappa shape index (κ2) is 11.3. The van der Waals surface area contributed by atoms with E-state index in [0.29, 0.717) is 11.1 Å². The minimum atomic E-state index is -0.702. The zero-order chi connectivity index (χ0) is 28.2. The van der Waals surface area contributed by atoms with Crippen molar-refractivity contribution in [2.45, 2.75) is 39.0 Å². The van der Waals surface area contributed by atoms with Crippen LogP contribution in [0.2, 0.25) is 0 Å². The first-order valence-electron chi connectivity index (χ1n) is 12.7. The SMILES string of the molecule is O=C1CC(=O)N(Cc2cccc(CN3C(=O)CC(=O)N(Cc4ccccc4)C3=O)c2)C(=O)N1Cc1ccccc1. The van der Waals surface area contributed by atoms with Crippen molar-refractivity contribution >= 4 is 35.7 Å².